The molecule has 2 aromatic rings. The molecule has 1 fully saturated rings. The Labute approximate surface area is 182 Å². The number of rotatable bonds is 8. The number of benzene rings is 2. The van der Waals surface area contributed by atoms with E-state index in [1.54, 1.807) is 12.1 Å². The number of esters is 1. The number of ether oxygens (including phenoxy) is 3. The second-order valence-corrected chi connectivity index (χ2v) is 8.11. The van der Waals surface area contributed by atoms with Gasteiger partial charge in [-0.25, -0.2) is 4.39 Å². The minimum Gasteiger partial charge on any atom is -0.490 e. The molecule has 0 atom stereocenters. The van der Waals surface area contributed by atoms with Crippen LogP contribution in [0.5, 0.6) is 11.5 Å². The number of nitrogens with zero attached hydrogens (tertiary/aromatic N) is 1. The van der Waals surface area contributed by atoms with Crippen LogP contribution in [0.25, 0.3) is 5.57 Å². The first kappa shape index (κ1) is 21.4. The van der Waals surface area contributed by atoms with Crippen molar-refractivity contribution in [3.05, 3.63) is 65.0 Å². The minimum absolute atomic E-state index is 0.0218. The first-order chi connectivity index (χ1) is 15.0. The molecule has 0 saturated carbocycles. The van der Waals surface area contributed by atoms with Gasteiger partial charge in [-0.1, -0.05) is 11.6 Å². The van der Waals surface area contributed by atoms with Crippen molar-refractivity contribution in [2.24, 2.45) is 5.92 Å². The van der Waals surface area contributed by atoms with E-state index in [1.807, 2.05) is 6.07 Å². The molecule has 2 aromatic carbocycles. The maximum absolute atomic E-state index is 12.9. The van der Waals surface area contributed by atoms with E-state index >= 15 is 0 Å². The van der Waals surface area contributed by atoms with Crippen molar-refractivity contribution in [3.8, 4) is 11.5 Å². The van der Waals surface area contributed by atoms with Crippen molar-refractivity contribution >= 4 is 11.5 Å². The molecule has 0 amide bonds. The molecule has 0 N–H and O–H groups in total. The molecule has 0 radical (unpaired) electrons. The van der Waals surface area contributed by atoms with Gasteiger partial charge in [0.25, 0.3) is 0 Å². The van der Waals surface area contributed by atoms with Crippen LogP contribution in [0, 0.1) is 11.7 Å². The minimum atomic E-state index is -0.277. The van der Waals surface area contributed by atoms with E-state index in [9.17, 15) is 9.18 Å². The van der Waals surface area contributed by atoms with Gasteiger partial charge < -0.3 is 14.2 Å². The summed E-state index contributed by atoms with van der Waals surface area (Å²) in [6.07, 6.45) is 2.01. The fourth-order valence-corrected chi connectivity index (χ4v) is 4.23. The molecular formula is C25H28FNO4. The van der Waals surface area contributed by atoms with E-state index < -0.39 is 0 Å². The number of fused-ring (bicyclic) bond motifs is 1. The smallest absolute Gasteiger partial charge is 0.311 e. The fourth-order valence-electron chi connectivity index (χ4n) is 4.23. The molecule has 31 heavy (non-hydrogen) atoms. The third-order valence-electron chi connectivity index (χ3n) is 6.05. The number of aryl methyl sites for hydroxylation is 1. The number of methoxy groups -OCH3 is 1. The van der Waals surface area contributed by atoms with E-state index in [0.29, 0.717) is 19.0 Å². The lowest BCUT2D eigenvalue weighted by molar-refractivity contribution is -0.151. The molecule has 6 heteroatoms. The van der Waals surface area contributed by atoms with Gasteiger partial charge in [-0.05, 0) is 72.9 Å². The monoisotopic (exact) mass is 425 g/mol. The predicted octanol–water partition coefficient (Wildman–Crippen LogP) is 4.11. The summed E-state index contributed by atoms with van der Waals surface area (Å²) < 4.78 is 29.2. The third-order valence-corrected chi connectivity index (χ3v) is 6.05. The van der Waals surface area contributed by atoms with Crippen molar-refractivity contribution in [2.75, 3.05) is 40.0 Å². The summed E-state index contributed by atoms with van der Waals surface area (Å²) in [7, 11) is 1.45. The fraction of sp³-hybridized carbons (Fsp3) is 0.400. The Morgan fingerprint density at radius 3 is 2.42 bits per heavy atom. The molecule has 0 spiro atoms. The zero-order valence-corrected chi connectivity index (χ0v) is 18.0. The largest absolute Gasteiger partial charge is 0.490 e. The highest BCUT2D eigenvalue weighted by Crippen LogP contribution is 2.34. The highest BCUT2D eigenvalue weighted by molar-refractivity contribution is 5.74. The Hall–Kier alpha value is -2.86. The topological polar surface area (TPSA) is 48.0 Å². The average Bonchev–Trinajstić information content (AvgIpc) is 2.75. The van der Waals surface area contributed by atoms with E-state index in [1.165, 1.54) is 41.5 Å². The number of carbonyl (C=O) groups excluding carboxylic acids is 1. The van der Waals surface area contributed by atoms with E-state index in [2.05, 4.69) is 24.0 Å². The summed E-state index contributed by atoms with van der Waals surface area (Å²) in [6, 6.07) is 12.2. The van der Waals surface area contributed by atoms with Gasteiger partial charge in [-0.2, -0.15) is 0 Å². The average molecular weight is 426 g/mol. The van der Waals surface area contributed by atoms with Crippen LogP contribution in [-0.4, -0.2) is 50.8 Å². The lowest BCUT2D eigenvalue weighted by atomic mass is 9.85. The number of likely N-dealkylation sites (tertiary alicyclic amines) is 1. The number of allylic oxidation sites excluding steroid dienone is 1. The molecular weight excluding hydrogens is 397 g/mol. The second-order valence-electron chi connectivity index (χ2n) is 8.11. The van der Waals surface area contributed by atoms with Crippen LogP contribution in [0.1, 0.15) is 24.5 Å². The van der Waals surface area contributed by atoms with E-state index in [4.69, 9.17) is 14.2 Å². The van der Waals surface area contributed by atoms with Crippen LogP contribution >= 0.6 is 0 Å². The Kier molecular flexibility index (Phi) is 6.56. The summed E-state index contributed by atoms with van der Waals surface area (Å²) in [5, 5.41) is 0. The predicted molar refractivity (Wildman–Crippen MR) is 117 cm³/mol. The van der Waals surface area contributed by atoms with Crippen molar-refractivity contribution in [2.45, 2.75) is 19.8 Å². The van der Waals surface area contributed by atoms with E-state index in [0.717, 1.165) is 38.2 Å². The Morgan fingerprint density at radius 2 is 1.71 bits per heavy atom. The zero-order chi connectivity index (χ0) is 21.8. The summed E-state index contributed by atoms with van der Waals surface area (Å²) in [5.74, 6) is 1.10. The van der Waals surface area contributed by atoms with Crippen molar-refractivity contribution in [3.63, 3.8) is 0 Å². The molecule has 1 aliphatic carbocycles. The van der Waals surface area contributed by atoms with Gasteiger partial charge in [0, 0.05) is 19.6 Å². The number of halogens is 1. The molecule has 5 nitrogen and oxygen atoms in total. The highest BCUT2D eigenvalue weighted by atomic mass is 19.1. The van der Waals surface area contributed by atoms with Crippen LogP contribution in [0.15, 0.2) is 48.0 Å². The van der Waals surface area contributed by atoms with Crippen LogP contribution < -0.4 is 9.47 Å². The van der Waals surface area contributed by atoms with Crippen LogP contribution in [0.3, 0.4) is 0 Å². The molecule has 1 heterocycles. The number of hydrogen-bond donors (Lipinski definition) is 0. The molecule has 4 rings (SSSR count). The summed E-state index contributed by atoms with van der Waals surface area (Å²) in [5.41, 5.74) is 5.35. The van der Waals surface area contributed by atoms with Gasteiger partial charge in [-0.3, -0.25) is 9.69 Å². The summed E-state index contributed by atoms with van der Waals surface area (Å²) in [6.45, 7) is 5.48. The standard InChI is InChI=1S/C25H28FNO4/c1-17-19(14-27-15-20(16-27)25(28)29-2)4-3-18-13-23(9-10-24(17)18)31-12-11-30-22-7-5-21(26)6-8-22/h5-10,13,20H,3-4,11-12,14-16H2,1-2H3. The number of carbonyl (C=O) groups is 1. The molecule has 2 aliphatic rings. The number of hydrogen-bond acceptors (Lipinski definition) is 5. The van der Waals surface area contributed by atoms with Crippen LogP contribution in [0.4, 0.5) is 4.39 Å². The maximum Gasteiger partial charge on any atom is 0.311 e. The van der Waals surface area contributed by atoms with E-state index in [-0.39, 0.29) is 17.7 Å². The first-order valence-electron chi connectivity index (χ1n) is 10.7. The Balaban J connectivity index is 1.29. The van der Waals surface area contributed by atoms with Crippen molar-refractivity contribution in [1.29, 1.82) is 0 Å². The lowest BCUT2D eigenvalue weighted by Gasteiger charge is -2.39. The van der Waals surface area contributed by atoms with Gasteiger partial charge in [0.15, 0.2) is 0 Å². The second kappa shape index (κ2) is 9.52. The quantitative estimate of drug-likeness (QED) is 0.471. The van der Waals surface area contributed by atoms with Crippen molar-refractivity contribution in [1.82, 2.24) is 4.90 Å². The summed E-state index contributed by atoms with van der Waals surface area (Å²) in [4.78, 5) is 13.9. The zero-order valence-electron chi connectivity index (χ0n) is 18.0. The molecule has 0 unspecified atom stereocenters. The van der Waals surface area contributed by atoms with Gasteiger partial charge >= 0.3 is 5.97 Å². The Bertz CT molecular complexity index is 964. The molecule has 164 valence electrons. The van der Waals surface area contributed by atoms with Crippen LogP contribution in [0.2, 0.25) is 0 Å². The van der Waals surface area contributed by atoms with Crippen LogP contribution in [-0.2, 0) is 16.0 Å². The SMILES string of the molecule is COC(=O)C1CN(CC2=C(C)c3ccc(OCCOc4ccc(F)cc4)cc3CC2)C1. The van der Waals surface area contributed by atoms with Gasteiger partial charge in [0.1, 0.15) is 30.5 Å². The molecule has 0 aromatic heterocycles. The van der Waals surface area contributed by atoms with Gasteiger partial charge in [0.2, 0.25) is 0 Å². The molecule has 0 bridgehead atoms. The van der Waals surface area contributed by atoms with Gasteiger partial charge in [-0.15, -0.1) is 0 Å². The highest BCUT2D eigenvalue weighted by Gasteiger charge is 2.34. The first-order valence-corrected chi connectivity index (χ1v) is 10.7. The van der Waals surface area contributed by atoms with Crippen molar-refractivity contribution < 1.29 is 23.4 Å². The molecule has 1 saturated heterocycles. The Morgan fingerprint density at radius 1 is 1.03 bits per heavy atom. The third kappa shape index (κ3) is 5.07. The van der Waals surface area contributed by atoms with Gasteiger partial charge in [0.05, 0.1) is 13.0 Å². The lowest BCUT2D eigenvalue weighted by Crippen LogP contribution is -2.51. The summed E-state index contributed by atoms with van der Waals surface area (Å²) >= 11 is 0. The maximum atomic E-state index is 12.9. The molecule has 1 aliphatic heterocycles. The normalized spacial score (nSPS) is 16.5.